The number of likely N-dealkylation sites (N-methyl/N-ethyl adjacent to an activating group) is 1. The summed E-state index contributed by atoms with van der Waals surface area (Å²) in [4.78, 5) is 19.2. The van der Waals surface area contributed by atoms with Gasteiger partial charge in [0.05, 0.1) is 21.1 Å². The molecule has 0 aliphatic rings. The van der Waals surface area contributed by atoms with Crippen molar-refractivity contribution in [3.05, 3.63) is 24.8 Å². The zero-order valence-electron chi connectivity index (χ0n) is 20.6. The van der Waals surface area contributed by atoms with Gasteiger partial charge in [-0.3, -0.25) is 4.57 Å². The fraction of sp³-hybridized carbons (Fsp3) is 0.840. The third kappa shape index (κ3) is 17.7. The van der Waals surface area contributed by atoms with Gasteiger partial charge in [-0.2, -0.15) is 0 Å². The maximum atomic E-state index is 11.8. The van der Waals surface area contributed by atoms with E-state index in [-0.39, 0.29) is 13.0 Å². The van der Waals surface area contributed by atoms with Crippen molar-refractivity contribution in [3.8, 4) is 0 Å². The Bertz CT molecular complexity index is 524. The summed E-state index contributed by atoms with van der Waals surface area (Å²) in [7, 11) is 0.964. The van der Waals surface area contributed by atoms with E-state index in [1.807, 2.05) is 27.2 Å². The second-order valence-electron chi connectivity index (χ2n) is 10.1. The van der Waals surface area contributed by atoms with Crippen molar-refractivity contribution in [2.75, 3.05) is 27.7 Å². The quantitative estimate of drug-likeness (QED) is 0.0786. The van der Waals surface area contributed by atoms with Gasteiger partial charge in [-0.1, -0.05) is 69.6 Å². The van der Waals surface area contributed by atoms with Crippen LogP contribution in [0.15, 0.2) is 24.8 Å². The fourth-order valence-corrected chi connectivity index (χ4v) is 5.01. The molecule has 0 amide bonds. The number of aliphatic hydroxyl groups is 1. The van der Waals surface area contributed by atoms with Crippen molar-refractivity contribution >= 4 is 7.60 Å². The molecule has 0 fully saturated rings. The maximum absolute atomic E-state index is 11.8. The number of allylic oxidation sites excluding steroid dienone is 3. The molecular formula is C25H51NO4P+. The molecule has 0 saturated heterocycles. The predicted molar refractivity (Wildman–Crippen MR) is 133 cm³/mol. The molecular weight excluding hydrogens is 409 g/mol. The minimum atomic E-state index is -4.55. The second kappa shape index (κ2) is 17.1. The molecule has 0 aromatic heterocycles. The van der Waals surface area contributed by atoms with Gasteiger partial charge in [0, 0.05) is 0 Å². The largest absolute Gasteiger partial charge is 0.373 e. The first kappa shape index (κ1) is 30.6. The van der Waals surface area contributed by atoms with Crippen molar-refractivity contribution in [1.82, 2.24) is 0 Å². The highest BCUT2D eigenvalue weighted by Crippen LogP contribution is 2.52. The fourth-order valence-electron chi connectivity index (χ4n) is 3.95. The number of unbranched alkanes of at least 4 members (excludes halogenated alkanes) is 13. The number of nitrogens with zero attached hydrogens (tertiary/aromatic N) is 1. The lowest BCUT2D eigenvalue weighted by Gasteiger charge is -2.35. The van der Waals surface area contributed by atoms with Crippen LogP contribution in [0.4, 0.5) is 0 Å². The lowest BCUT2D eigenvalue weighted by atomic mass is 10.0. The molecule has 31 heavy (non-hydrogen) atoms. The van der Waals surface area contributed by atoms with Crippen LogP contribution >= 0.6 is 7.60 Å². The molecule has 0 aromatic rings. The maximum Gasteiger partial charge on any atom is 0.362 e. The smallest absolute Gasteiger partial charge is 0.362 e. The summed E-state index contributed by atoms with van der Waals surface area (Å²) >= 11 is 0. The van der Waals surface area contributed by atoms with Crippen LogP contribution in [0, 0.1) is 0 Å². The normalized spacial score (nSPS) is 14.8. The first-order valence-electron chi connectivity index (χ1n) is 12.4. The van der Waals surface area contributed by atoms with Gasteiger partial charge in [-0.25, -0.2) is 0 Å². The van der Waals surface area contributed by atoms with Crippen molar-refractivity contribution in [2.24, 2.45) is 0 Å². The van der Waals surface area contributed by atoms with Gasteiger partial charge >= 0.3 is 7.60 Å². The average molecular weight is 461 g/mol. The zero-order valence-corrected chi connectivity index (χ0v) is 21.5. The number of rotatable bonds is 21. The Hall–Kier alpha value is -0.450. The Balaban J connectivity index is 3.64. The van der Waals surface area contributed by atoms with Crippen LogP contribution in [-0.4, -0.2) is 52.4 Å². The van der Waals surface area contributed by atoms with Crippen LogP contribution in [0.1, 0.15) is 103 Å². The monoisotopic (exact) mass is 460 g/mol. The Labute approximate surface area is 192 Å². The van der Waals surface area contributed by atoms with Gasteiger partial charge < -0.3 is 19.4 Å². The Morgan fingerprint density at radius 2 is 1.13 bits per heavy atom. The lowest BCUT2D eigenvalue weighted by molar-refractivity contribution is -0.875. The van der Waals surface area contributed by atoms with Crippen molar-refractivity contribution in [3.63, 3.8) is 0 Å². The Morgan fingerprint density at radius 1 is 0.742 bits per heavy atom. The average Bonchev–Trinajstić information content (AvgIpc) is 2.65. The van der Waals surface area contributed by atoms with E-state index in [4.69, 9.17) is 0 Å². The van der Waals surface area contributed by atoms with Gasteiger partial charge in [0.2, 0.25) is 5.34 Å². The van der Waals surface area contributed by atoms with E-state index < -0.39 is 12.9 Å². The summed E-state index contributed by atoms with van der Waals surface area (Å²) in [5, 5.41) is 8.62. The molecule has 0 aliphatic carbocycles. The van der Waals surface area contributed by atoms with Crippen LogP contribution in [0.25, 0.3) is 0 Å². The molecule has 1 atom stereocenters. The zero-order chi connectivity index (χ0) is 23.6. The van der Waals surface area contributed by atoms with E-state index in [0.29, 0.717) is 10.9 Å². The third-order valence-corrected chi connectivity index (χ3v) is 7.11. The molecule has 6 heteroatoms. The summed E-state index contributed by atoms with van der Waals surface area (Å²) in [6.07, 6.45) is 24.4. The molecule has 0 aromatic carbocycles. The van der Waals surface area contributed by atoms with Crippen molar-refractivity contribution < 1.29 is 23.9 Å². The topological polar surface area (TPSA) is 77.8 Å². The summed E-state index contributed by atoms with van der Waals surface area (Å²) in [5.74, 6) is 0. The summed E-state index contributed by atoms with van der Waals surface area (Å²) < 4.78 is 12.1. The lowest BCUT2D eigenvalue weighted by Crippen LogP contribution is -2.49. The molecule has 0 heterocycles. The molecule has 5 nitrogen and oxygen atoms in total. The highest BCUT2D eigenvalue weighted by atomic mass is 31.2. The molecule has 0 spiro atoms. The van der Waals surface area contributed by atoms with Gasteiger partial charge in [0.1, 0.15) is 6.54 Å². The molecule has 0 rings (SSSR count). The molecule has 0 aliphatic heterocycles. The highest BCUT2D eigenvalue weighted by Gasteiger charge is 2.48. The first-order chi connectivity index (χ1) is 14.5. The number of hydrogen-bond donors (Lipinski definition) is 3. The van der Waals surface area contributed by atoms with Crippen LogP contribution in [-0.2, 0) is 4.57 Å². The third-order valence-electron chi connectivity index (χ3n) is 5.66. The van der Waals surface area contributed by atoms with Crippen LogP contribution in [0.5, 0.6) is 0 Å². The van der Waals surface area contributed by atoms with Crippen LogP contribution < -0.4 is 0 Å². The molecule has 1 unspecified atom stereocenters. The van der Waals surface area contributed by atoms with E-state index in [2.05, 4.69) is 18.7 Å². The number of quaternary nitrogens is 1. The predicted octanol–water partition coefficient (Wildman–Crippen LogP) is 6.54. The minimum Gasteiger partial charge on any atom is -0.373 e. The SMILES string of the molecule is C=CCCCCCC/C=C\CCCCCCCCCCC(O)(C[N+](C)(C)C)P(=O)(O)O. The van der Waals surface area contributed by atoms with E-state index in [9.17, 15) is 19.5 Å². The van der Waals surface area contributed by atoms with E-state index >= 15 is 0 Å². The number of hydrogen-bond acceptors (Lipinski definition) is 2. The summed E-state index contributed by atoms with van der Waals surface area (Å²) in [5.41, 5.74) is 0. The minimum absolute atomic E-state index is 0.0570. The van der Waals surface area contributed by atoms with Crippen molar-refractivity contribution in [1.29, 1.82) is 0 Å². The molecule has 184 valence electrons. The molecule has 0 saturated carbocycles. The van der Waals surface area contributed by atoms with Gasteiger partial charge in [-0.05, 0) is 51.4 Å². The van der Waals surface area contributed by atoms with E-state index in [0.717, 1.165) is 25.7 Å². The standard InChI is InChI=1S/C25H50NO4P/c1-5-6-7-8-9-10-11-12-13-14-15-16-17-18-19-20-21-22-23-25(27,31(28,29)30)24-26(2,3)4/h5,12-13,27H,1,6-11,14-24H2,2-4H3,(H-,28,29,30)/p+1/b13-12-. The highest BCUT2D eigenvalue weighted by molar-refractivity contribution is 7.53. The van der Waals surface area contributed by atoms with Crippen LogP contribution in [0.2, 0.25) is 0 Å². The van der Waals surface area contributed by atoms with Crippen molar-refractivity contribution in [2.45, 2.75) is 108 Å². The molecule has 0 bridgehead atoms. The Morgan fingerprint density at radius 3 is 1.52 bits per heavy atom. The van der Waals surface area contributed by atoms with Crippen LogP contribution in [0.3, 0.4) is 0 Å². The second-order valence-corrected chi connectivity index (χ2v) is 12.0. The Kier molecular flexibility index (Phi) is 16.8. The molecule has 0 radical (unpaired) electrons. The van der Waals surface area contributed by atoms with E-state index in [1.165, 1.54) is 64.2 Å². The van der Waals surface area contributed by atoms with Gasteiger partial charge in [0.25, 0.3) is 0 Å². The van der Waals surface area contributed by atoms with E-state index in [1.54, 1.807) is 0 Å². The summed E-state index contributed by atoms with van der Waals surface area (Å²) in [6, 6.07) is 0. The summed E-state index contributed by atoms with van der Waals surface area (Å²) in [6.45, 7) is 3.81. The first-order valence-corrected chi connectivity index (χ1v) is 14.0. The van der Waals surface area contributed by atoms with Gasteiger partial charge in [0.15, 0.2) is 0 Å². The van der Waals surface area contributed by atoms with Gasteiger partial charge in [-0.15, -0.1) is 6.58 Å². The molecule has 3 N–H and O–H groups in total.